The van der Waals surface area contributed by atoms with E-state index < -0.39 is 6.67 Å². The molecule has 8 heteroatoms. The lowest BCUT2D eigenvalue weighted by Crippen LogP contribution is -2.03. The quantitative estimate of drug-likeness (QED) is 0.349. The van der Waals surface area contributed by atoms with E-state index in [-0.39, 0.29) is 12.4 Å². The van der Waals surface area contributed by atoms with Gasteiger partial charge in [-0.3, -0.25) is 0 Å². The molecule has 0 aliphatic rings. The fraction of sp³-hybridized carbons (Fsp3) is 0.150. The maximum absolute atomic E-state index is 13.4. The predicted molar refractivity (Wildman–Crippen MR) is 105 cm³/mol. The summed E-state index contributed by atoms with van der Waals surface area (Å²) in [6, 6.07) is 13.3. The summed E-state index contributed by atoms with van der Waals surface area (Å²) in [5.74, 6) is 0.580. The van der Waals surface area contributed by atoms with Crippen LogP contribution in [0.3, 0.4) is 0 Å². The van der Waals surface area contributed by atoms with Gasteiger partial charge in [-0.2, -0.15) is 9.61 Å². The fourth-order valence-electron chi connectivity index (χ4n) is 2.90. The molecule has 142 valence electrons. The largest absolute Gasteiger partial charge is 0.475 e. The summed E-state index contributed by atoms with van der Waals surface area (Å²) in [7, 11) is 0. The number of pyridine rings is 1. The van der Waals surface area contributed by atoms with E-state index >= 15 is 0 Å². The number of alkyl halides is 1. The van der Waals surface area contributed by atoms with Gasteiger partial charge in [-0.05, 0) is 42.7 Å². The molecule has 0 saturated carbocycles. The average Bonchev–Trinajstić information content (AvgIpc) is 3.13. The van der Waals surface area contributed by atoms with Crippen LogP contribution in [-0.2, 0) is 0 Å². The van der Waals surface area contributed by atoms with Gasteiger partial charge < -0.3 is 4.74 Å². The maximum Gasteiger partial charge on any atom is 0.215 e. The Morgan fingerprint density at radius 2 is 1.93 bits per heavy atom. The van der Waals surface area contributed by atoms with E-state index in [2.05, 4.69) is 15.1 Å². The Bertz CT molecular complexity index is 1120. The topological polar surface area (TPSA) is 52.3 Å². The Labute approximate surface area is 164 Å². The van der Waals surface area contributed by atoms with Crippen LogP contribution in [-0.4, -0.2) is 39.1 Å². The molecule has 0 bridgehead atoms. The molecule has 0 aliphatic heterocycles. The number of hydrogen-bond donors (Lipinski definition) is 0. The molecule has 0 unspecified atom stereocenters. The highest BCUT2D eigenvalue weighted by molar-refractivity contribution is 7.98. The van der Waals surface area contributed by atoms with Gasteiger partial charge in [-0.25, -0.2) is 18.7 Å². The molecule has 5 nitrogen and oxygen atoms in total. The monoisotopic (exact) mass is 398 g/mol. The van der Waals surface area contributed by atoms with E-state index in [4.69, 9.17) is 4.74 Å². The minimum atomic E-state index is -0.603. The predicted octanol–water partition coefficient (Wildman–Crippen LogP) is 4.67. The number of ether oxygens (including phenoxy) is 1. The number of benzene rings is 1. The highest BCUT2D eigenvalue weighted by Crippen LogP contribution is 2.35. The first-order valence-electron chi connectivity index (χ1n) is 8.55. The first-order chi connectivity index (χ1) is 13.7. The van der Waals surface area contributed by atoms with Crippen LogP contribution in [0.5, 0.6) is 5.88 Å². The van der Waals surface area contributed by atoms with Crippen molar-refractivity contribution in [3.63, 3.8) is 0 Å². The standard InChI is InChI=1S/C20H16F2N4OS/c1-28-16-9-11-23-20(24-16)18-15-3-2-4-17(27-12-10-21)26(15)25-19(18)13-5-7-14(22)8-6-13/h2-9,11H,10,12H2,1H3. The molecule has 0 spiro atoms. The lowest BCUT2D eigenvalue weighted by atomic mass is 10.1. The highest BCUT2D eigenvalue weighted by Gasteiger charge is 2.20. The Hall–Kier alpha value is -3.00. The van der Waals surface area contributed by atoms with Gasteiger partial charge in [0, 0.05) is 17.8 Å². The molecule has 3 heterocycles. The molecule has 0 N–H and O–H groups in total. The molecule has 0 fully saturated rings. The van der Waals surface area contributed by atoms with Crippen molar-refractivity contribution in [1.29, 1.82) is 0 Å². The van der Waals surface area contributed by atoms with Crippen molar-refractivity contribution in [2.24, 2.45) is 0 Å². The second-order valence-electron chi connectivity index (χ2n) is 5.85. The van der Waals surface area contributed by atoms with E-state index in [1.807, 2.05) is 18.4 Å². The summed E-state index contributed by atoms with van der Waals surface area (Å²) < 4.78 is 33.1. The lowest BCUT2D eigenvalue weighted by Gasteiger charge is -2.06. The van der Waals surface area contributed by atoms with Crippen LogP contribution in [0, 0.1) is 5.82 Å². The van der Waals surface area contributed by atoms with Crippen molar-refractivity contribution in [3.05, 3.63) is 60.5 Å². The minimum absolute atomic E-state index is 0.0708. The normalized spacial score (nSPS) is 11.1. The SMILES string of the molecule is CSc1ccnc(-c2c(-c3ccc(F)cc3)nn3c(OCCF)cccc23)n1. The van der Waals surface area contributed by atoms with E-state index in [0.29, 0.717) is 28.5 Å². The maximum atomic E-state index is 13.4. The van der Waals surface area contributed by atoms with Gasteiger partial charge in [-0.15, -0.1) is 11.8 Å². The third-order valence-electron chi connectivity index (χ3n) is 4.13. The van der Waals surface area contributed by atoms with Crippen molar-refractivity contribution in [1.82, 2.24) is 19.6 Å². The number of fused-ring (bicyclic) bond motifs is 1. The van der Waals surface area contributed by atoms with Gasteiger partial charge in [0.25, 0.3) is 0 Å². The number of hydrogen-bond acceptors (Lipinski definition) is 5. The Kier molecular flexibility index (Phi) is 5.21. The second-order valence-corrected chi connectivity index (χ2v) is 6.68. The van der Waals surface area contributed by atoms with Gasteiger partial charge in [0.2, 0.25) is 5.88 Å². The molecule has 4 rings (SSSR count). The first-order valence-corrected chi connectivity index (χ1v) is 9.77. The second kappa shape index (κ2) is 7.93. The summed E-state index contributed by atoms with van der Waals surface area (Å²) in [5, 5.41) is 5.48. The van der Waals surface area contributed by atoms with Crippen molar-refractivity contribution in [2.45, 2.75) is 5.03 Å². The van der Waals surface area contributed by atoms with Crippen LogP contribution in [0.1, 0.15) is 0 Å². The summed E-state index contributed by atoms with van der Waals surface area (Å²) in [6.45, 7) is -0.674. The molecular formula is C20H16F2N4OS. The van der Waals surface area contributed by atoms with Crippen molar-refractivity contribution >= 4 is 17.3 Å². The van der Waals surface area contributed by atoms with Crippen LogP contribution >= 0.6 is 11.8 Å². The zero-order chi connectivity index (χ0) is 19.5. The molecule has 0 radical (unpaired) electrons. The van der Waals surface area contributed by atoms with Crippen molar-refractivity contribution in [2.75, 3.05) is 19.5 Å². The zero-order valence-electron chi connectivity index (χ0n) is 15.0. The zero-order valence-corrected chi connectivity index (χ0v) is 15.8. The molecule has 0 saturated heterocycles. The average molecular weight is 398 g/mol. The number of nitrogens with zero attached hydrogens (tertiary/aromatic N) is 4. The van der Waals surface area contributed by atoms with Gasteiger partial charge in [0.05, 0.1) is 16.1 Å². The van der Waals surface area contributed by atoms with Gasteiger partial charge in [-0.1, -0.05) is 6.07 Å². The molecule has 0 amide bonds. The van der Waals surface area contributed by atoms with E-state index in [1.165, 1.54) is 23.9 Å². The van der Waals surface area contributed by atoms with Crippen LogP contribution < -0.4 is 4.74 Å². The smallest absolute Gasteiger partial charge is 0.215 e. The molecule has 3 aromatic heterocycles. The molecule has 0 atom stereocenters. The molecule has 28 heavy (non-hydrogen) atoms. The number of rotatable bonds is 6. The molecule has 4 aromatic rings. The van der Waals surface area contributed by atoms with Gasteiger partial charge in [0.15, 0.2) is 5.82 Å². The number of aromatic nitrogens is 4. The molecule has 0 aliphatic carbocycles. The van der Waals surface area contributed by atoms with E-state index in [1.54, 1.807) is 35.0 Å². The van der Waals surface area contributed by atoms with Gasteiger partial charge >= 0.3 is 0 Å². The van der Waals surface area contributed by atoms with Crippen molar-refractivity contribution < 1.29 is 13.5 Å². The van der Waals surface area contributed by atoms with Crippen LogP contribution in [0.2, 0.25) is 0 Å². The van der Waals surface area contributed by atoms with Crippen LogP contribution in [0.15, 0.2) is 59.8 Å². The summed E-state index contributed by atoms with van der Waals surface area (Å²) >= 11 is 1.51. The number of thioether (sulfide) groups is 1. The Morgan fingerprint density at radius 1 is 1.11 bits per heavy atom. The van der Waals surface area contributed by atoms with E-state index in [9.17, 15) is 8.78 Å². The summed E-state index contributed by atoms with van der Waals surface area (Å²) in [5.41, 5.74) is 2.73. The minimum Gasteiger partial charge on any atom is -0.475 e. The third kappa shape index (κ3) is 3.43. The molecule has 1 aromatic carbocycles. The number of halogens is 2. The lowest BCUT2D eigenvalue weighted by molar-refractivity contribution is 0.259. The van der Waals surface area contributed by atoms with Gasteiger partial charge in [0.1, 0.15) is 24.8 Å². The molecular weight excluding hydrogens is 382 g/mol. The third-order valence-corrected chi connectivity index (χ3v) is 4.78. The summed E-state index contributed by atoms with van der Waals surface area (Å²) in [4.78, 5) is 9.03. The first kappa shape index (κ1) is 18.4. The van der Waals surface area contributed by atoms with Crippen molar-refractivity contribution in [3.8, 4) is 28.5 Å². The Morgan fingerprint density at radius 3 is 2.68 bits per heavy atom. The highest BCUT2D eigenvalue weighted by atomic mass is 32.2. The van der Waals surface area contributed by atoms with Crippen LogP contribution in [0.25, 0.3) is 28.2 Å². The Balaban J connectivity index is 1.98. The van der Waals surface area contributed by atoms with Crippen LogP contribution in [0.4, 0.5) is 8.78 Å². The summed E-state index contributed by atoms with van der Waals surface area (Å²) in [6.07, 6.45) is 3.63. The van der Waals surface area contributed by atoms with E-state index in [0.717, 1.165) is 10.6 Å². The fourth-order valence-corrected chi connectivity index (χ4v) is 3.28.